The highest BCUT2D eigenvalue weighted by molar-refractivity contribution is 7.89. The van der Waals surface area contributed by atoms with Crippen LogP contribution in [-0.4, -0.2) is 61.8 Å². The Bertz CT molecular complexity index is 696. The molecule has 0 aromatic heterocycles. The average molecular weight is 372 g/mol. The second-order valence-corrected chi connectivity index (χ2v) is 8.73. The lowest BCUT2D eigenvalue weighted by molar-refractivity contribution is -0.126. The fourth-order valence-electron chi connectivity index (χ4n) is 2.80. The molecule has 1 saturated heterocycles. The van der Waals surface area contributed by atoms with Gasteiger partial charge in [-0.3, -0.25) is 9.69 Å². The lowest BCUT2D eigenvalue weighted by atomic mass is 10.2. The molecular formula is C16H22ClN3O3S. The van der Waals surface area contributed by atoms with E-state index in [4.69, 9.17) is 11.6 Å². The van der Waals surface area contributed by atoms with Gasteiger partial charge in [0.1, 0.15) is 0 Å². The maximum atomic E-state index is 12.6. The summed E-state index contributed by atoms with van der Waals surface area (Å²) >= 11 is 5.82. The first-order valence-corrected chi connectivity index (χ1v) is 10.00. The molecule has 3 rings (SSSR count). The number of halogens is 1. The number of hydrogen-bond acceptors (Lipinski definition) is 4. The van der Waals surface area contributed by atoms with Gasteiger partial charge in [-0.25, -0.2) is 8.42 Å². The van der Waals surface area contributed by atoms with Crippen molar-refractivity contribution >= 4 is 27.5 Å². The maximum absolute atomic E-state index is 12.6. The normalized spacial score (nSPS) is 21.4. The van der Waals surface area contributed by atoms with Gasteiger partial charge in [0.25, 0.3) is 0 Å². The van der Waals surface area contributed by atoms with Crippen molar-refractivity contribution in [2.45, 2.75) is 36.7 Å². The molecule has 1 amide bonds. The minimum Gasteiger partial charge on any atom is -0.352 e. The number of hydrogen-bond donors (Lipinski definition) is 1. The van der Waals surface area contributed by atoms with E-state index in [1.807, 2.05) is 11.8 Å². The maximum Gasteiger partial charge on any atom is 0.243 e. The summed E-state index contributed by atoms with van der Waals surface area (Å²) in [5.74, 6) is 0.0338. The monoisotopic (exact) mass is 371 g/mol. The van der Waals surface area contributed by atoms with Crippen LogP contribution >= 0.6 is 11.6 Å². The van der Waals surface area contributed by atoms with Crippen molar-refractivity contribution in [2.75, 3.05) is 26.2 Å². The van der Waals surface area contributed by atoms with E-state index in [2.05, 4.69) is 5.32 Å². The second-order valence-electron chi connectivity index (χ2n) is 6.35. The zero-order valence-electron chi connectivity index (χ0n) is 13.6. The van der Waals surface area contributed by atoms with Gasteiger partial charge < -0.3 is 5.32 Å². The Morgan fingerprint density at radius 2 is 1.75 bits per heavy atom. The summed E-state index contributed by atoms with van der Waals surface area (Å²) in [4.78, 5) is 14.4. The lowest BCUT2D eigenvalue weighted by Gasteiger charge is -2.36. The van der Waals surface area contributed by atoms with Crippen LogP contribution < -0.4 is 5.32 Å². The summed E-state index contributed by atoms with van der Waals surface area (Å²) < 4.78 is 26.8. The summed E-state index contributed by atoms with van der Waals surface area (Å²) in [6.07, 6.45) is 2.12. The van der Waals surface area contributed by atoms with Crippen molar-refractivity contribution < 1.29 is 13.2 Å². The van der Waals surface area contributed by atoms with Gasteiger partial charge in [-0.1, -0.05) is 11.6 Å². The van der Waals surface area contributed by atoms with Crippen LogP contribution in [-0.2, 0) is 14.8 Å². The fraction of sp³-hybridized carbons (Fsp3) is 0.562. The summed E-state index contributed by atoms with van der Waals surface area (Å²) in [6.45, 7) is 3.73. The van der Waals surface area contributed by atoms with Crippen LogP contribution in [0.15, 0.2) is 29.2 Å². The Morgan fingerprint density at radius 3 is 2.29 bits per heavy atom. The molecule has 2 fully saturated rings. The van der Waals surface area contributed by atoms with E-state index in [0.29, 0.717) is 37.2 Å². The number of benzene rings is 1. The van der Waals surface area contributed by atoms with Crippen molar-refractivity contribution in [1.29, 1.82) is 0 Å². The smallest absolute Gasteiger partial charge is 0.243 e. The molecule has 0 spiro atoms. The number of nitrogens with one attached hydrogen (secondary N) is 1. The minimum atomic E-state index is -3.51. The van der Waals surface area contributed by atoms with Gasteiger partial charge in [0, 0.05) is 37.2 Å². The average Bonchev–Trinajstić information content (AvgIpc) is 3.38. The number of carbonyl (C=O) groups excluding carboxylic acids is 1. The van der Waals surface area contributed by atoms with Gasteiger partial charge in [0.05, 0.1) is 10.9 Å². The van der Waals surface area contributed by atoms with E-state index in [1.54, 1.807) is 12.1 Å². The molecule has 24 heavy (non-hydrogen) atoms. The molecular weight excluding hydrogens is 350 g/mol. The number of piperazine rings is 1. The summed E-state index contributed by atoms with van der Waals surface area (Å²) in [5.41, 5.74) is 0. The summed E-state index contributed by atoms with van der Waals surface area (Å²) in [5, 5.41) is 3.51. The topological polar surface area (TPSA) is 69.7 Å². The Labute approximate surface area is 147 Å². The SMILES string of the molecule is CC(C(=O)NC1CC1)N1CCN(S(=O)(=O)c2ccc(Cl)cc2)CC1. The molecule has 132 valence electrons. The zero-order valence-corrected chi connectivity index (χ0v) is 15.2. The predicted octanol–water partition coefficient (Wildman–Crippen LogP) is 1.31. The quantitative estimate of drug-likeness (QED) is 0.847. The standard InChI is InChI=1S/C16H22ClN3O3S/c1-12(16(21)18-14-4-5-14)19-8-10-20(11-9-19)24(22,23)15-6-2-13(17)3-7-15/h2-3,6-7,12,14H,4-5,8-11H2,1H3,(H,18,21). The Morgan fingerprint density at radius 1 is 1.17 bits per heavy atom. The van der Waals surface area contributed by atoms with Crippen molar-refractivity contribution in [1.82, 2.24) is 14.5 Å². The van der Waals surface area contributed by atoms with Crippen LogP contribution in [0.5, 0.6) is 0 Å². The van der Waals surface area contributed by atoms with Gasteiger partial charge in [-0.05, 0) is 44.0 Å². The van der Waals surface area contributed by atoms with E-state index in [-0.39, 0.29) is 16.8 Å². The minimum absolute atomic E-state index is 0.0338. The molecule has 1 aromatic rings. The first-order valence-electron chi connectivity index (χ1n) is 8.18. The molecule has 2 aliphatic rings. The molecule has 1 heterocycles. The van der Waals surface area contributed by atoms with Crippen LogP contribution in [0.1, 0.15) is 19.8 Å². The molecule has 1 aliphatic heterocycles. The number of carbonyl (C=O) groups is 1. The van der Waals surface area contributed by atoms with Crippen LogP contribution in [0.25, 0.3) is 0 Å². The first-order chi connectivity index (χ1) is 11.4. The number of nitrogens with zero attached hydrogens (tertiary/aromatic N) is 2. The molecule has 1 unspecified atom stereocenters. The summed E-state index contributed by atoms with van der Waals surface area (Å²) in [7, 11) is -3.51. The van der Waals surface area contributed by atoms with Crippen LogP contribution in [0.4, 0.5) is 0 Å². The second kappa shape index (κ2) is 7.00. The number of amides is 1. The molecule has 1 atom stereocenters. The van der Waals surface area contributed by atoms with Crippen molar-refractivity contribution in [2.24, 2.45) is 0 Å². The van der Waals surface area contributed by atoms with Crippen molar-refractivity contribution in [3.05, 3.63) is 29.3 Å². The fourth-order valence-corrected chi connectivity index (χ4v) is 4.35. The Balaban J connectivity index is 1.59. The molecule has 0 bridgehead atoms. The lowest BCUT2D eigenvalue weighted by Crippen LogP contribution is -2.55. The van der Waals surface area contributed by atoms with Gasteiger partial charge in [0.2, 0.25) is 15.9 Å². The molecule has 8 heteroatoms. The van der Waals surface area contributed by atoms with Gasteiger partial charge in [0.15, 0.2) is 0 Å². The van der Waals surface area contributed by atoms with E-state index >= 15 is 0 Å². The first kappa shape index (κ1) is 17.7. The van der Waals surface area contributed by atoms with E-state index in [1.165, 1.54) is 16.4 Å². The zero-order chi connectivity index (χ0) is 17.3. The highest BCUT2D eigenvalue weighted by Crippen LogP contribution is 2.21. The highest BCUT2D eigenvalue weighted by atomic mass is 35.5. The predicted molar refractivity (Wildman–Crippen MR) is 92.4 cm³/mol. The third kappa shape index (κ3) is 3.91. The van der Waals surface area contributed by atoms with Crippen molar-refractivity contribution in [3.63, 3.8) is 0 Å². The third-order valence-corrected chi connectivity index (χ3v) is 6.74. The van der Waals surface area contributed by atoms with Gasteiger partial charge >= 0.3 is 0 Å². The molecule has 1 aliphatic carbocycles. The Kier molecular flexibility index (Phi) is 5.15. The Hall–Kier alpha value is -1.15. The van der Waals surface area contributed by atoms with E-state index < -0.39 is 10.0 Å². The van der Waals surface area contributed by atoms with Gasteiger partial charge in [-0.15, -0.1) is 0 Å². The van der Waals surface area contributed by atoms with Crippen LogP contribution in [0.2, 0.25) is 5.02 Å². The summed E-state index contributed by atoms with van der Waals surface area (Å²) in [6, 6.07) is 6.31. The largest absolute Gasteiger partial charge is 0.352 e. The van der Waals surface area contributed by atoms with E-state index in [9.17, 15) is 13.2 Å². The molecule has 6 nitrogen and oxygen atoms in total. The van der Waals surface area contributed by atoms with E-state index in [0.717, 1.165) is 12.8 Å². The number of sulfonamides is 1. The molecule has 1 N–H and O–H groups in total. The van der Waals surface area contributed by atoms with Crippen LogP contribution in [0, 0.1) is 0 Å². The highest BCUT2D eigenvalue weighted by Gasteiger charge is 2.33. The number of rotatable bonds is 5. The van der Waals surface area contributed by atoms with Crippen LogP contribution in [0.3, 0.4) is 0 Å². The van der Waals surface area contributed by atoms with Gasteiger partial charge in [-0.2, -0.15) is 4.31 Å². The molecule has 1 saturated carbocycles. The van der Waals surface area contributed by atoms with Crippen molar-refractivity contribution in [3.8, 4) is 0 Å². The third-order valence-electron chi connectivity index (χ3n) is 4.58. The molecule has 1 aromatic carbocycles. The molecule has 0 radical (unpaired) electrons.